The number of benzene rings is 3. The maximum atomic E-state index is 14.3. The van der Waals surface area contributed by atoms with Crippen LogP contribution in [0, 0.1) is 12.7 Å². The summed E-state index contributed by atoms with van der Waals surface area (Å²) in [7, 11) is 0. The Bertz CT molecular complexity index is 992. The van der Waals surface area contributed by atoms with Crippen LogP contribution in [0.3, 0.4) is 0 Å². The number of hydrogen-bond donors (Lipinski definition) is 0. The van der Waals surface area contributed by atoms with Gasteiger partial charge in [-0.2, -0.15) is 0 Å². The van der Waals surface area contributed by atoms with E-state index in [2.05, 4.69) is 11.0 Å². The summed E-state index contributed by atoms with van der Waals surface area (Å²) >= 11 is 0. The molecule has 0 aliphatic carbocycles. The van der Waals surface area contributed by atoms with Crippen molar-refractivity contribution in [1.29, 1.82) is 0 Å². The lowest BCUT2D eigenvalue weighted by Gasteiger charge is -2.35. The number of nitrogens with zero attached hydrogens (tertiary/aromatic N) is 2. The number of rotatable bonds is 4. The summed E-state index contributed by atoms with van der Waals surface area (Å²) in [5, 5.41) is 0. The van der Waals surface area contributed by atoms with Gasteiger partial charge >= 0.3 is 0 Å². The van der Waals surface area contributed by atoms with Crippen LogP contribution in [0.1, 0.15) is 21.5 Å². The summed E-state index contributed by atoms with van der Waals surface area (Å²) in [6.45, 7) is 5.79. The fourth-order valence-corrected chi connectivity index (χ4v) is 3.83. The van der Waals surface area contributed by atoms with Gasteiger partial charge in [-0.3, -0.25) is 9.69 Å². The van der Waals surface area contributed by atoms with Gasteiger partial charge in [0.25, 0.3) is 5.91 Å². The second kappa shape index (κ2) is 8.58. The molecular weight excluding hydrogens is 363 g/mol. The minimum Gasteiger partial charge on any atom is -0.336 e. The minimum absolute atomic E-state index is 0.0939. The molecule has 0 bridgehead atoms. The number of hydrogen-bond acceptors (Lipinski definition) is 2. The lowest BCUT2D eigenvalue weighted by molar-refractivity contribution is 0.0628. The molecule has 1 fully saturated rings. The van der Waals surface area contributed by atoms with Gasteiger partial charge in [-0.15, -0.1) is 0 Å². The summed E-state index contributed by atoms with van der Waals surface area (Å²) in [5.41, 5.74) is 4.57. The van der Waals surface area contributed by atoms with E-state index in [1.165, 1.54) is 6.07 Å². The molecule has 0 aromatic heterocycles. The molecule has 4 heteroatoms. The van der Waals surface area contributed by atoms with E-state index < -0.39 is 0 Å². The highest BCUT2D eigenvalue weighted by Crippen LogP contribution is 2.27. The van der Waals surface area contributed by atoms with Crippen molar-refractivity contribution in [1.82, 2.24) is 9.80 Å². The van der Waals surface area contributed by atoms with Gasteiger partial charge in [0.1, 0.15) is 5.82 Å². The summed E-state index contributed by atoms with van der Waals surface area (Å²) in [4.78, 5) is 17.0. The third kappa shape index (κ3) is 4.38. The molecule has 1 aliphatic rings. The number of aryl methyl sites for hydroxylation is 1. The Morgan fingerprint density at radius 2 is 1.45 bits per heavy atom. The molecule has 1 saturated heterocycles. The molecule has 0 N–H and O–H groups in total. The Morgan fingerprint density at radius 3 is 2.14 bits per heavy atom. The summed E-state index contributed by atoms with van der Waals surface area (Å²) in [6, 6.07) is 22.6. The molecule has 4 rings (SSSR count). The molecule has 1 heterocycles. The van der Waals surface area contributed by atoms with Crippen LogP contribution in [0.15, 0.2) is 72.8 Å². The number of carbonyl (C=O) groups excluding carboxylic acids is 1. The van der Waals surface area contributed by atoms with E-state index in [1.54, 1.807) is 6.07 Å². The average molecular weight is 388 g/mol. The maximum absolute atomic E-state index is 14.3. The second-order valence-electron chi connectivity index (χ2n) is 7.57. The van der Waals surface area contributed by atoms with E-state index >= 15 is 0 Å². The van der Waals surface area contributed by atoms with Crippen LogP contribution >= 0.6 is 0 Å². The topological polar surface area (TPSA) is 23.6 Å². The molecule has 0 unspecified atom stereocenters. The zero-order valence-electron chi connectivity index (χ0n) is 16.6. The van der Waals surface area contributed by atoms with Crippen molar-refractivity contribution in [3.05, 3.63) is 95.3 Å². The molecule has 0 saturated carbocycles. The number of piperazine rings is 1. The largest absolute Gasteiger partial charge is 0.336 e. The molecule has 148 valence electrons. The first kappa shape index (κ1) is 19.3. The third-order valence-electron chi connectivity index (χ3n) is 5.53. The first-order valence-electron chi connectivity index (χ1n) is 10.0. The fourth-order valence-electron chi connectivity index (χ4n) is 3.83. The Hall–Kier alpha value is -2.98. The summed E-state index contributed by atoms with van der Waals surface area (Å²) < 4.78 is 14.3. The minimum atomic E-state index is -0.200. The van der Waals surface area contributed by atoms with E-state index in [0.29, 0.717) is 18.7 Å². The zero-order valence-corrected chi connectivity index (χ0v) is 16.6. The maximum Gasteiger partial charge on any atom is 0.253 e. The normalized spacial score (nSPS) is 14.8. The Morgan fingerprint density at radius 1 is 0.828 bits per heavy atom. The van der Waals surface area contributed by atoms with E-state index in [0.717, 1.165) is 41.9 Å². The first-order chi connectivity index (χ1) is 14.1. The quantitative estimate of drug-likeness (QED) is 0.643. The monoisotopic (exact) mass is 388 g/mol. The molecular formula is C25H25FN2O. The van der Waals surface area contributed by atoms with Crippen molar-refractivity contribution in [3.8, 4) is 11.1 Å². The Labute approximate surface area is 171 Å². The summed E-state index contributed by atoms with van der Waals surface area (Å²) in [5.74, 6) is -0.107. The third-order valence-corrected chi connectivity index (χ3v) is 5.53. The van der Waals surface area contributed by atoms with Crippen LogP contribution in [0.25, 0.3) is 11.1 Å². The van der Waals surface area contributed by atoms with Gasteiger partial charge < -0.3 is 4.90 Å². The van der Waals surface area contributed by atoms with Crippen LogP contribution in [0.4, 0.5) is 4.39 Å². The molecule has 0 radical (unpaired) electrons. The Kier molecular flexibility index (Phi) is 5.72. The standard InChI is InChI=1S/C25H25FN2O/c1-19-10-12-20(13-11-19)25(29)28-16-14-27(15-17-28)18-21-6-2-3-7-22(21)23-8-4-5-9-24(23)26/h2-13H,14-18H2,1H3. The Balaban J connectivity index is 1.42. The smallest absolute Gasteiger partial charge is 0.253 e. The lowest BCUT2D eigenvalue weighted by Crippen LogP contribution is -2.48. The molecule has 0 atom stereocenters. The average Bonchev–Trinajstić information content (AvgIpc) is 2.75. The van der Waals surface area contributed by atoms with Crippen molar-refractivity contribution in [2.75, 3.05) is 26.2 Å². The van der Waals surface area contributed by atoms with Crippen LogP contribution in [0.5, 0.6) is 0 Å². The van der Waals surface area contributed by atoms with E-state index in [1.807, 2.05) is 66.4 Å². The van der Waals surface area contributed by atoms with E-state index in [9.17, 15) is 9.18 Å². The lowest BCUT2D eigenvalue weighted by atomic mass is 9.98. The van der Waals surface area contributed by atoms with Crippen LogP contribution in [0.2, 0.25) is 0 Å². The van der Waals surface area contributed by atoms with E-state index in [4.69, 9.17) is 0 Å². The predicted molar refractivity (Wildman–Crippen MR) is 114 cm³/mol. The van der Waals surface area contributed by atoms with Gasteiger partial charge in [0.15, 0.2) is 0 Å². The predicted octanol–water partition coefficient (Wildman–Crippen LogP) is 4.76. The van der Waals surface area contributed by atoms with Crippen molar-refractivity contribution in [2.24, 2.45) is 0 Å². The molecule has 3 aromatic carbocycles. The highest BCUT2D eigenvalue weighted by molar-refractivity contribution is 5.94. The highest BCUT2D eigenvalue weighted by Gasteiger charge is 2.23. The first-order valence-corrected chi connectivity index (χ1v) is 10.0. The molecule has 3 aromatic rings. The van der Waals surface area contributed by atoms with Crippen molar-refractivity contribution >= 4 is 5.91 Å². The van der Waals surface area contributed by atoms with Crippen LogP contribution < -0.4 is 0 Å². The number of amides is 1. The second-order valence-corrected chi connectivity index (χ2v) is 7.57. The highest BCUT2D eigenvalue weighted by atomic mass is 19.1. The van der Waals surface area contributed by atoms with Gasteiger partial charge in [-0.1, -0.05) is 60.2 Å². The molecule has 29 heavy (non-hydrogen) atoms. The van der Waals surface area contributed by atoms with Crippen LogP contribution in [-0.4, -0.2) is 41.9 Å². The van der Waals surface area contributed by atoms with Gasteiger partial charge in [0.2, 0.25) is 0 Å². The van der Waals surface area contributed by atoms with Gasteiger partial charge in [-0.05, 0) is 36.2 Å². The number of halogens is 1. The summed E-state index contributed by atoms with van der Waals surface area (Å²) in [6.07, 6.45) is 0. The van der Waals surface area contributed by atoms with Crippen molar-refractivity contribution in [3.63, 3.8) is 0 Å². The molecule has 1 aliphatic heterocycles. The van der Waals surface area contributed by atoms with Crippen molar-refractivity contribution < 1.29 is 9.18 Å². The van der Waals surface area contributed by atoms with Crippen molar-refractivity contribution in [2.45, 2.75) is 13.5 Å². The number of carbonyl (C=O) groups is 1. The SMILES string of the molecule is Cc1ccc(C(=O)N2CCN(Cc3ccccc3-c3ccccc3F)CC2)cc1. The van der Waals surface area contributed by atoms with E-state index in [-0.39, 0.29) is 11.7 Å². The molecule has 3 nitrogen and oxygen atoms in total. The fraction of sp³-hybridized carbons (Fsp3) is 0.240. The van der Waals surface area contributed by atoms with Crippen LogP contribution in [-0.2, 0) is 6.54 Å². The van der Waals surface area contributed by atoms with Gasteiger partial charge in [0, 0.05) is 43.9 Å². The molecule has 0 spiro atoms. The van der Waals surface area contributed by atoms with Gasteiger partial charge in [-0.25, -0.2) is 4.39 Å². The zero-order chi connectivity index (χ0) is 20.2. The molecule has 1 amide bonds. The van der Waals surface area contributed by atoms with Gasteiger partial charge in [0.05, 0.1) is 0 Å².